The highest BCUT2D eigenvalue weighted by Crippen LogP contribution is 2.23. The van der Waals surface area contributed by atoms with E-state index in [1.807, 2.05) is 19.9 Å². The van der Waals surface area contributed by atoms with Crippen LogP contribution in [0.3, 0.4) is 0 Å². The highest BCUT2D eigenvalue weighted by Gasteiger charge is 2.38. The number of nitrogens with zero attached hydrogens (tertiary/aromatic N) is 3. The number of carbonyl (C=O) groups is 3. The number of amides is 3. The maximum Gasteiger partial charge on any atom is 0.490 e. The number of anilines is 1. The van der Waals surface area contributed by atoms with E-state index in [-0.39, 0.29) is 18.0 Å². The molecule has 2 rings (SSSR count). The molecule has 0 unspecified atom stereocenters. The molecule has 0 aromatic carbocycles. The second kappa shape index (κ2) is 10.8. The van der Waals surface area contributed by atoms with Crippen LogP contribution in [0.5, 0.6) is 0 Å². The van der Waals surface area contributed by atoms with Crippen molar-refractivity contribution in [1.82, 2.24) is 20.1 Å². The van der Waals surface area contributed by atoms with Crippen LogP contribution in [0.2, 0.25) is 0 Å². The number of aliphatic carboxylic acids is 1. The van der Waals surface area contributed by atoms with Gasteiger partial charge in [0.25, 0.3) is 5.91 Å². The van der Waals surface area contributed by atoms with Gasteiger partial charge in [-0.15, -0.1) is 0 Å². The minimum absolute atomic E-state index is 0.0687. The molecule has 0 saturated heterocycles. The zero-order valence-electron chi connectivity index (χ0n) is 18.1. The van der Waals surface area contributed by atoms with Crippen molar-refractivity contribution in [3.8, 4) is 0 Å². The highest BCUT2D eigenvalue weighted by atomic mass is 19.4. The fourth-order valence-corrected chi connectivity index (χ4v) is 2.78. The number of aromatic nitrogens is 1. The number of halogens is 3. The first kappa shape index (κ1) is 26.0. The second-order valence-corrected chi connectivity index (χ2v) is 7.33. The molecule has 31 heavy (non-hydrogen) atoms. The first-order chi connectivity index (χ1) is 14.3. The average Bonchev–Trinajstić information content (AvgIpc) is 2.87. The molecule has 9 nitrogen and oxygen atoms in total. The molecule has 3 N–H and O–H groups in total. The lowest BCUT2D eigenvalue weighted by Gasteiger charge is -2.19. The third kappa shape index (κ3) is 7.61. The number of carboxylic acid groups (broad SMARTS) is 1. The summed E-state index contributed by atoms with van der Waals surface area (Å²) in [4.78, 5) is 41.3. The van der Waals surface area contributed by atoms with E-state index in [0.717, 1.165) is 11.3 Å². The summed E-state index contributed by atoms with van der Waals surface area (Å²) in [5.74, 6) is -2.20. The van der Waals surface area contributed by atoms with Crippen LogP contribution in [-0.4, -0.2) is 84.2 Å². The largest absolute Gasteiger partial charge is 0.490 e. The van der Waals surface area contributed by atoms with Crippen molar-refractivity contribution < 1.29 is 32.7 Å². The summed E-state index contributed by atoms with van der Waals surface area (Å²) in [6.07, 6.45) is -3.70. The Hall–Kier alpha value is -3.05. The number of fused-ring (bicyclic) bond motifs is 1. The predicted molar refractivity (Wildman–Crippen MR) is 108 cm³/mol. The molecule has 1 aromatic heterocycles. The molecule has 12 heteroatoms. The van der Waals surface area contributed by atoms with Gasteiger partial charge < -0.3 is 25.5 Å². The molecule has 3 amide bonds. The van der Waals surface area contributed by atoms with E-state index < -0.39 is 12.1 Å². The maximum absolute atomic E-state index is 12.5. The van der Waals surface area contributed by atoms with Gasteiger partial charge >= 0.3 is 18.2 Å². The molecule has 1 aromatic rings. The zero-order chi connectivity index (χ0) is 23.9. The van der Waals surface area contributed by atoms with Gasteiger partial charge in [0.2, 0.25) is 0 Å². The van der Waals surface area contributed by atoms with Gasteiger partial charge in [-0.1, -0.05) is 0 Å². The topological polar surface area (TPSA) is 115 Å². The van der Waals surface area contributed by atoms with Gasteiger partial charge in [0.1, 0.15) is 5.82 Å². The minimum Gasteiger partial charge on any atom is -0.475 e. The summed E-state index contributed by atoms with van der Waals surface area (Å²) < 4.78 is 31.7. The van der Waals surface area contributed by atoms with Crippen LogP contribution in [-0.2, 0) is 17.6 Å². The SMILES string of the molecule is CNC(=O)N1CCc2cc(C(=O)N(C)C)c(NC(C)C)nc2CC1.O=C(O)C(F)(F)F. The van der Waals surface area contributed by atoms with E-state index in [2.05, 4.69) is 10.6 Å². The lowest BCUT2D eigenvalue weighted by Crippen LogP contribution is -2.39. The van der Waals surface area contributed by atoms with E-state index in [0.29, 0.717) is 37.3 Å². The highest BCUT2D eigenvalue weighted by molar-refractivity contribution is 5.98. The van der Waals surface area contributed by atoms with Crippen LogP contribution in [0.25, 0.3) is 0 Å². The molecule has 1 aliphatic rings. The van der Waals surface area contributed by atoms with Crippen LogP contribution in [0, 0.1) is 0 Å². The number of pyridine rings is 1. The number of rotatable bonds is 3. The molecule has 0 bridgehead atoms. The third-order valence-electron chi connectivity index (χ3n) is 4.27. The minimum atomic E-state index is -5.08. The molecular weight excluding hydrogens is 419 g/mol. The number of alkyl halides is 3. The van der Waals surface area contributed by atoms with Gasteiger partial charge in [0, 0.05) is 52.4 Å². The van der Waals surface area contributed by atoms with Gasteiger partial charge in [0.15, 0.2) is 0 Å². The molecule has 2 heterocycles. The Morgan fingerprint density at radius 3 is 2.19 bits per heavy atom. The van der Waals surface area contributed by atoms with Crippen LogP contribution in [0.4, 0.5) is 23.8 Å². The van der Waals surface area contributed by atoms with Crippen molar-refractivity contribution in [3.05, 3.63) is 22.9 Å². The van der Waals surface area contributed by atoms with E-state index in [9.17, 15) is 22.8 Å². The van der Waals surface area contributed by atoms with Gasteiger partial charge in [-0.2, -0.15) is 13.2 Å². The molecule has 0 spiro atoms. The number of hydrogen-bond donors (Lipinski definition) is 3. The number of nitrogens with one attached hydrogen (secondary N) is 2. The van der Waals surface area contributed by atoms with Crippen molar-refractivity contribution >= 4 is 23.7 Å². The predicted octanol–water partition coefficient (Wildman–Crippen LogP) is 1.98. The fourth-order valence-electron chi connectivity index (χ4n) is 2.78. The van der Waals surface area contributed by atoms with Crippen molar-refractivity contribution in [2.45, 2.75) is 38.9 Å². The van der Waals surface area contributed by atoms with Crippen molar-refractivity contribution in [1.29, 1.82) is 0 Å². The summed E-state index contributed by atoms with van der Waals surface area (Å²) in [5.41, 5.74) is 2.58. The van der Waals surface area contributed by atoms with Crippen molar-refractivity contribution in [2.75, 3.05) is 39.5 Å². The summed E-state index contributed by atoms with van der Waals surface area (Å²) in [6.45, 7) is 5.29. The second-order valence-electron chi connectivity index (χ2n) is 7.33. The van der Waals surface area contributed by atoms with Crippen LogP contribution < -0.4 is 10.6 Å². The number of hydrogen-bond acceptors (Lipinski definition) is 5. The average molecular weight is 447 g/mol. The van der Waals surface area contributed by atoms with Crippen LogP contribution in [0.1, 0.15) is 35.5 Å². The molecule has 174 valence electrons. The third-order valence-corrected chi connectivity index (χ3v) is 4.27. The molecule has 0 radical (unpaired) electrons. The molecule has 0 saturated carbocycles. The van der Waals surface area contributed by atoms with E-state index in [1.54, 1.807) is 30.9 Å². The monoisotopic (exact) mass is 447 g/mol. The van der Waals surface area contributed by atoms with E-state index in [1.165, 1.54) is 0 Å². The standard InChI is InChI=1S/C17H27N5O2.C2HF3O2/c1-11(2)19-15-13(16(23)21(4)5)10-12-6-8-22(17(24)18-3)9-7-14(12)20-15;3-2(4,5)1(6)7/h10-11H,6-9H2,1-5H3,(H,18,24)(H,19,20);(H,6,7). The molecule has 1 aliphatic heterocycles. The summed E-state index contributed by atoms with van der Waals surface area (Å²) in [5, 5.41) is 13.1. The lowest BCUT2D eigenvalue weighted by atomic mass is 10.0. The zero-order valence-corrected chi connectivity index (χ0v) is 18.1. The molecule has 0 aliphatic carbocycles. The first-order valence-corrected chi connectivity index (χ1v) is 9.55. The van der Waals surface area contributed by atoms with Crippen molar-refractivity contribution in [2.24, 2.45) is 0 Å². The van der Waals surface area contributed by atoms with E-state index in [4.69, 9.17) is 14.9 Å². The molecule has 0 fully saturated rings. The Morgan fingerprint density at radius 1 is 1.19 bits per heavy atom. The number of urea groups is 1. The Kier molecular flexibility index (Phi) is 9.07. The molecule has 0 atom stereocenters. The normalized spacial score (nSPS) is 13.4. The number of carbonyl (C=O) groups excluding carboxylic acids is 2. The van der Waals surface area contributed by atoms with Crippen molar-refractivity contribution in [3.63, 3.8) is 0 Å². The quantitative estimate of drug-likeness (QED) is 0.653. The van der Waals surface area contributed by atoms with E-state index >= 15 is 0 Å². The van der Waals surface area contributed by atoms with Crippen LogP contribution in [0.15, 0.2) is 6.07 Å². The maximum atomic E-state index is 12.5. The summed E-state index contributed by atoms with van der Waals surface area (Å²) >= 11 is 0. The van der Waals surface area contributed by atoms with Gasteiger partial charge in [-0.3, -0.25) is 4.79 Å². The first-order valence-electron chi connectivity index (χ1n) is 9.55. The van der Waals surface area contributed by atoms with Gasteiger partial charge in [-0.05, 0) is 31.9 Å². The Morgan fingerprint density at radius 2 is 1.74 bits per heavy atom. The molecular formula is C19H28F3N5O4. The number of carboxylic acids is 1. The van der Waals surface area contributed by atoms with Gasteiger partial charge in [0.05, 0.1) is 5.56 Å². The Labute approximate surface area is 178 Å². The summed E-state index contributed by atoms with van der Waals surface area (Å²) in [7, 11) is 5.11. The Balaban J connectivity index is 0.000000592. The smallest absolute Gasteiger partial charge is 0.475 e. The fraction of sp³-hybridized carbons (Fsp3) is 0.579. The summed E-state index contributed by atoms with van der Waals surface area (Å²) in [6, 6.07) is 2.04. The van der Waals surface area contributed by atoms with Gasteiger partial charge in [-0.25, -0.2) is 14.6 Å². The lowest BCUT2D eigenvalue weighted by molar-refractivity contribution is -0.192. The Bertz CT molecular complexity index is 812. The van der Waals surface area contributed by atoms with Crippen LogP contribution >= 0.6 is 0 Å².